The zero-order chi connectivity index (χ0) is 24.8. The second-order valence-corrected chi connectivity index (χ2v) is 8.85. The lowest BCUT2D eigenvalue weighted by molar-refractivity contribution is -0.128. The van der Waals surface area contributed by atoms with E-state index in [1.807, 2.05) is 35.4 Å². The van der Waals surface area contributed by atoms with Gasteiger partial charge in [-0.15, -0.1) is 0 Å². The van der Waals surface area contributed by atoms with Gasteiger partial charge in [-0.25, -0.2) is 9.97 Å². The molecule has 0 atom stereocenters. The van der Waals surface area contributed by atoms with Crippen LogP contribution in [0, 0.1) is 0 Å². The summed E-state index contributed by atoms with van der Waals surface area (Å²) in [6.07, 6.45) is 6.96. The zero-order valence-electron chi connectivity index (χ0n) is 20.5. The van der Waals surface area contributed by atoms with E-state index in [0.717, 1.165) is 42.9 Å². The Hall–Kier alpha value is -3.94. The van der Waals surface area contributed by atoms with Crippen molar-refractivity contribution in [2.24, 2.45) is 0 Å². The Kier molecular flexibility index (Phi) is 7.60. The van der Waals surface area contributed by atoms with Crippen LogP contribution in [0.4, 0.5) is 11.5 Å². The highest BCUT2D eigenvalue weighted by Crippen LogP contribution is 2.31. The summed E-state index contributed by atoms with van der Waals surface area (Å²) in [4.78, 5) is 36.5. The first kappa shape index (κ1) is 24.2. The van der Waals surface area contributed by atoms with Crippen LogP contribution in [0.5, 0.6) is 11.5 Å². The molecule has 1 aliphatic rings. The molecular formula is C27H31N5O3. The van der Waals surface area contributed by atoms with Crippen LogP contribution in [0.1, 0.15) is 47.8 Å². The second kappa shape index (κ2) is 11.0. The van der Waals surface area contributed by atoms with Gasteiger partial charge >= 0.3 is 0 Å². The fourth-order valence-electron chi connectivity index (χ4n) is 3.96. The minimum atomic E-state index is -0.170. The van der Waals surface area contributed by atoms with Gasteiger partial charge in [-0.1, -0.05) is 19.4 Å². The number of hydrogen-bond acceptors (Lipinski definition) is 6. The molecule has 0 aliphatic carbocycles. The summed E-state index contributed by atoms with van der Waals surface area (Å²) in [7, 11) is 3.37. The van der Waals surface area contributed by atoms with Gasteiger partial charge in [0, 0.05) is 51.1 Å². The number of benzene rings is 1. The van der Waals surface area contributed by atoms with Crippen molar-refractivity contribution in [3.63, 3.8) is 0 Å². The number of hydrogen-bond donors (Lipinski definition) is 1. The lowest BCUT2D eigenvalue weighted by Gasteiger charge is -2.19. The standard InChI is InChI=1S/C27H31N5O3/c1-4-6-19-8-13-25(29-16-19)30-21-9-12-24(20(15-21)18-32-14-5-7-26(32)33)35-22-10-11-23(28-17-22)27(34)31(2)3/h8-13,15-17H,4-7,14,18H2,1-3H3,(H,29,30). The molecule has 3 heterocycles. The van der Waals surface area contributed by atoms with Crippen molar-refractivity contribution in [1.29, 1.82) is 0 Å². The number of carbonyl (C=O) groups is 2. The number of pyridine rings is 2. The number of anilines is 2. The van der Waals surface area contributed by atoms with Gasteiger partial charge in [0.25, 0.3) is 5.91 Å². The third kappa shape index (κ3) is 6.15. The third-order valence-corrected chi connectivity index (χ3v) is 5.82. The molecule has 35 heavy (non-hydrogen) atoms. The number of ether oxygens (including phenoxy) is 1. The molecule has 1 aliphatic heterocycles. The molecule has 8 heteroatoms. The van der Waals surface area contributed by atoms with Gasteiger partial charge in [0.05, 0.1) is 6.20 Å². The molecule has 1 N–H and O–H groups in total. The van der Waals surface area contributed by atoms with Crippen molar-refractivity contribution in [2.75, 3.05) is 26.0 Å². The average Bonchev–Trinajstić information content (AvgIpc) is 3.26. The van der Waals surface area contributed by atoms with E-state index in [-0.39, 0.29) is 11.8 Å². The van der Waals surface area contributed by atoms with Crippen molar-refractivity contribution in [1.82, 2.24) is 19.8 Å². The first-order valence-electron chi connectivity index (χ1n) is 11.9. The molecule has 0 saturated carbocycles. The number of rotatable bonds is 9. The van der Waals surface area contributed by atoms with Gasteiger partial charge in [0.15, 0.2) is 0 Å². The Bertz CT molecular complexity index is 1180. The van der Waals surface area contributed by atoms with Gasteiger partial charge in [-0.2, -0.15) is 0 Å². The molecule has 0 bridgehead atoms. The van der Waals surface area contributed by atoms with Crippen LogP contribution in [0.25, 0.3) is 0 Å². The highest BCUT2D eigenvalue weighted by atomic mass is 16.5. The Morgan fingerprint density at radius 1 is 1.11 bits per heavy atom. The summed E-state index contributed by atoms with van der Waals surface area (Å²) in [6.45, 7) is 3.34. The third-order valence-electron chi connectivity index (χ3n) is 5.82. The van der Waals surface area contributed by atoms with Crippen LogP contribution in [-0.2, 0) is 17.8 Å². The van der Waals surface area contributed by atoms with E-state index in [1.54, 1.807) is 26.2 Å². The van der Waals surface area contributed by atoms with Crippen LogP contribution in [0.2, 0.25) is 0 Å². The predicted octanol–water partition coefficient (Wildman–Crippen LogP) is 4.79. The summed E-state index contributed by atoms with van der Waals surface area (Å²) < 4.78 is 6.13. The summed E-state index contributed by atoms with van der Waals surface area (Å²) >= 11 is 0. The average molecular weight is 474 g/mol. The summed E-state index contributed by atoms with van der Waals surface area (Å²) in [5.41, 5.74) is 3.30. The molecule has 182 valence electrons. The van der Waals surface area contributed by atoms with E-state index in [2.05, 4.69) is 28.3 Å². The number of likely N-dealkylation sites (tertiary alicyclic amines) is 1. The Balaban J connectivity index is 1.55. The molecule has 4 rings (SSSR count). The molecule has 2 amide bonds. The predicted molar refractivity (Wildman–Crippen MR) is 135 cm³/mol. The highest BCUT2D eigenvalue weighted by Gasteiger charge is 2.22. The minimum Gasteiger partial charge on any atom is -0.455 e. The lowest BCUT2D eigenvalue weighted by Crippen LogP contribution is -2.24. The normalized spacial score (nSPS) is 13.1. The second-order valence-electron chi connectivity index (χ2n) is 8.85. The molecule has 8 nitrogen and oxygen atoms in total. The minimum absolute atomic E-state index is 0.149. The molecule has 1 fully saturated rings. The van der Waals surface area contributed by atoms with Gasteiger partial charge in [0.2, 0.25) is 5.91 Å². The topological polar surface area (TPSA) is 87.7 Å². The maximum absolute atomic E-state index is 12.3. The van der Waals surface area contributed by atoms with Crippen molar-refractivity contribution >= 4 is 23.3 Å². The molecule has 1 aromatic carbocycles. The molecule has 3 aromatic rings. The summed E-state index contributed by atoms with van der Waals surface area (Å²) in [5.74, 6) is 1.89. The summed E-state index contributed by atoms with van der Waals surface area (Å²) in [6, 6.07) is 13.2. The van der Waals surface area contributed by atoms with Crippen LogP contribution < -0.4 is 10.1 Å². The maximum Gasteiger partial charge on any atom is 0.271 e. The molecule has 0 unspecified atom stereocenters. The number of aryl methyl sites for hydroxylation is 1. The van der Waals surface area contributed by atoms with E-state index < -0.39 is 0 Å². The SMILES string of the molecule is CCCc1ccc(Nc2ccc(Oc3ccc(C(=O)N(C)C)nc3)c(CN3CCCC3=O)c2)nc1. The Morgan fingerprint density at radius 2 is 1.97 bits per heavy atom. The zero-order valence-corrected chi connectivity index (χ0v) is 20.5. The van der Waals surface area contributed by atoms with Crippen molar-refractivity contribution < 1.29 is 14.3 Å². The van der Waals surface area contributed by atoms with Gasteiger partial charge in [-0.3, -0.25) is 9.59 Å². The number of nitrogens with one attached hydrogen (secondary N) is 1. The smallest absolute Gasteiger partial charge is 0.271 e. The summed E-state index contributed by atoms with van der Waals surface area (Å²) in [5, 5.41) is 3.35. The molecule has 2 aromatic heterocycles. The van der Waals surface area contributed by atoms with Crippen molar-refractivity contribution in [2.45, 2.75) is 39.2 Å². The van der Waals surface area contributed by atoms with E-state index >= 15 is 0 Å². The van der Waals surface area contributed by atoms with Gasteiger partial charge in [-0.05, 0) is 54.8 Å². The van der Waals surface area contributed by atoms with Crippen LogP contribution in [0.3, 0.4) is 0 Å². The Labute approximate surface area is 205 Å². The van der Waals surface area contributed by atoms with Gasteiger partial charge < -0.3 is 19.9 Å². The van der Waals surface area contributed by atoms with Crippen molar-refractivity contribution in [3.8, 4) is 11.5 Å². The number of amides is 2. The largest absolute Gasteiger partial charge is 0.455 e. The van der Waals surface area contributed by atoms with Crippen LogP contribution in [-0.4, -0.2) is 52.2 Å². The van der Waals surface area contributed by atoms with Gasteiger partial charge in [0.1, 0.15) is 23.0 Å². The molecule has 0 radical (unpaired) electrons. The number of aromatic nitrogens is 2. The van der Waals surface area contributed by atoms with E-state index in [0.29, 0.717) is 30.2 Å². The van der Waals surface area contributed by atoms with Crippen LogP contribution in [0.15, 0.2) is 54.9 Å². The fraction of sp³-hybridized carbons (Fsp3) is 0.333. The number of carbonyl (C=O) groups excluding carboxylic acids is 2. The molecule has 1 saturated heterocycles. The van der Waals surface area contributed by atoms with Crippen LogP contribution >= 0.6 is 0 Å². The first-order chi connectivity index (χ1) is 16.9. The number of nitrogens with zero attached hydrogens (tertiary/aromatic N) is 4. The highest BCUT2D eigenvalue weighted by molar-refractivity contribution is 5.91. The Morgan fingerprint density at radius 3 is 2.60 bits per heavy atom. The van der Waals surface area contributed by atoms with Crippen molar-refractivity contribution in [3.05, 3.63) is 71.7 Å². The van der Waals surface area contributed by atoms with E-state index in [9.17, 15) is 9.59 Å². The fourth-order valence-corrected chi connectivity index (χ4v) is 3.96. The van der Waals surface area contributed by atoms with E-state index in [4.69, 9.17) is 4.74 Å². The first-order valence-corrected chi connectivity index (χ1v) is 11.9. The maximum atomic E-state index is 12.3. The monoisotopic (exact) mass is 473 g/mol. The van der Waals surface area contributed by atoms with E-state index in [1.165, 1.54) is 16.7 Å². The lowest BCUT2D eigenvalue weighted by atomic mass is 10.1. The molecule has 0 spiro atoms. The quantitative estimate of drug-likeness (QED) is 0.481. The molecular weight excluding hydrogens is 442 g/mol.